The molecule has 0 fully saturated rings. The van der Waals surface area contributed by atoms with Crippen molar-refractivity contribution >= 4 is 43.8 Å². The van der Waals surface area contributed by atoms with Crippen LogP contribution in [0.2, 0.25) is 5.02 Å². The lowest BCUT2D eigenvalue weighted by Crippen LogP contribution is -2.40. The number of hydrogen-bond donors (Lipinski definition) is 1. The van der Waals surface area contributed by atoms with Crippen molar-refractivity contribution in [3.8, 4) is 11.5 Å². The Labute approximate surface area is 260 Å². The smallest absolute Gasteiger partial charge is 0.166 e. The molecule has 1 aliphatic heterocycles. The molecule has 5 rings (SSSR count). The molecule has 12 heteroatoms. The first kappa shape index (κ1) is 31.5. The van der Waals surface area contributed by atoms with E-state index in [0.717, 1.165) is 0 Å². The third-order valence-corrected chi connectivity index (χ3v) is 9.51. The molecule has 0 aliphatic carbocycles. The van der Waals surface area contributed by atoms with Gasteiger partial charge in [-0.2, -0.15) is 0 Å². The maximum Gasteiger partial charge on any atom is 0.166 e. The molecule has 2 heterocycles. The Morgan fingerprint density at radius 3 is 2.68 bits per heavy atom. The molecule has 0 bridgehead atoms. The lowest BCUT2D eigenvalue weighted by molar-refractivity contribution is -0.0973. The molecule has 44 heavy (non-hydrogen) atoms. The van der Waals surface area contributed by atoms with Gasteiger partial charge in [0.25, 0.3) is 0 Å². The number of anilines is 2. The van der Waals surface area contributed by atoms with E-state index in [1.165, 1.54) is 18.5 Å². The lowest BCUT2D eigenvalue weighted by Gasteiger charge is -2.36. The van der Waals surface area contributed by atoms with Crippen LogP contribution in [0.3, 0.4) is 0 Å². The second-order valence-electron chi connectivity index (χ2n) is 10.3. The highest BCUT2D eigenvalue weighted by atomic mass is 35.5. The minimum atomic E-state index is -3.19. The predicted molar refractivity (Wildman–Crippen MR) is 168 cm³/mol. The van der Waals surface area contributed by atoms with Gasteiger partial charge in [0.2, 0.25) is 0 Å². The normalized spacial score (nSPS) is 16.9. The Morgan fingerprint density at radius 1 is 1.14 bits per heavy atom. The van der Waals surface area contributed by atoms with E-state index < -0.39 is 21.5 Å². The number of sulfone groups is 1. The van der Waals surface area contributed by atoms with Crippen molar-refractivity contribution < 1.29 is 31.8 Å². The maximum atomic E-state index is 13.5. The molecular formula is C32H33ClFN3O6S. The average molecular weight is 642 g/mol. The van der Waals surface area contributed by atoms with Crippen LogP contribution in [0.5, 0.6) is 11.5 Å². The van der Waals surface area contributed by atoms with E-state index in [2.05, 4.69) is 15.3 Å². The van der Waals surface area contributed by atoms with Crippen molar-refractivity contribution in [2.45, 2.75) is 38.6 Å². The zero-order chi connectivity index (χ0) is 31.3. The quantitative estimate of drug-likeness (QED) is 0.170. The number of ether oxygens (including phenoxy) is 4. The van der Waals surface area contributed by atoms with E-state index in [-0.39, 0.29) is 30.5 Å². The van der Waals surface area contributed by atoms with Gasteiger partial charge in [0, 0.05) is 34.9 Å². The monoisotopic (exact) mass is 641 g/mol. The third-order valence-electron chi connectivity index (χ3n) is 7.54. The van der Waals surface area contributed by atoms with Crippen LogP contribution in [0.15, 0.2) is 73.3 Å². The topological polar surface area (TPSA) is 109 Å². The molecule has 1 aliphatic rings. The summed E-state index contributed by atoms with van der Waals surface area (Å²) in [7, 11) is -1.62. The van der Waals surface area contributed by atoms with E-state index in [0.29, 0.717) is 56.5 Å². The van der Waals surface area contributed by atoms with E-state index in [4.69, 9.17) is 30.5 Å². The van der Waals surface area contributed by atoms with E-state index in [1.807, 2.05) is 25.1 Å². The zero-order valence-corrected chi connectivity index (χ0v) is 26.1. The molecule has 232 valence electrons. The molecule has 0 spiro atoms. The number of methoxy groups -OCH3 is 1. The van der Waals surface area contributed by atoms with E-state index >= 15 is 0 Å². The van der Waals surface area contributed by atoms with Crippen molar-refractivity contribution in [2.24, 2.45) is 0 Å². The van der Waals surface area contributed by atoms with Crippen LogP contribution in [0.4, 0.5) is 15.9 Å². The third kappa shape index (κ3) is 6.90. The van der Waals surface area contributed by atoms with Gasteiger partial charge in [-0.05, 0) is 55.0 Å². The highest BCUT2D eigenvalue weighted by Gasteiger charge is 2.44. The van der Waals surface area contributed by atoms with Crippen LogP contribution >= 0.6 is 11.6 Å². The molecular weight excluding hydrogens is 609 g/mol. The van der Waals surface area contributed by atoms with E-state index in [1.54, 1.807) is 50.6 Å². The lowest BCUT2D eigenvalue weighted by atomic mass is 9.85. The summed E-state index contributed by atoms with van der Waals surface area (Å²) in [5.74, 6) is 1.16. The van der Waals surface area contributed by atoms with Crippen LogP contribution in [-0.4, -0.2) is 49.7 Å². The molecule has 4 aromatic rings. The second-order valence-corrected chi connectivity index (χ2v) is 13.2. The first-order valence-corrected chi connectivity index (χ1v) is 16.3. The second kappa shape index (κ2) is 13.4. The minimum Gasteiger partial charge on any atom is -0.496 e. The van der Waals surface area contributed by atoms with Crippen LogP contribution < -0.4 is 14.8 Å². The molecule has 0 radical (unpaired) electrons. The van der Waals surface area contributed by atoms with Crippen LogP contribution in [-0.2, 0) is 31.5 Å². The standard InChI is InChI=1S/C32H33ClFN3O6S/c1-4-44(38,39)14-13-41-21(2)32(11-6-12-43-32)26-17-25-28(18-30(26)40-3)35-20-36-31(25)37-24-9-10-29(27(33)16-24)42-19-22-7-5-8-23(34)15-22/h5-10,12,15-18,20-21H,4,11,13-14,19H2,1-3H3,(H,35,36,37). The summed E-state index contributed by atoms with van der Waals surface area (Å²) in [6.07, 6.45) is 4.93. The Morgan fingerprint density at radius 2 is 1.98 bits per heavy atom. The zero-order valence-electron chi connectivity index (χ0n) is 24.5. The minimum absolute atomic E-state index is 0.0387. The van der Waals surface area contributed by atoms with Gasteiger partial charge in [-0.25, -0.2) is 22.8 Å². The number of halogens is 2. The molecule has 3 aromatic carbocycles. The Balaban J connectivity index is 1.42. The van der Waals surface area contributed by atoms with Crippen LogP contribution in [0.1, 0.15) is 31.4 Å². The number of fused-ring (bicyclic) bond motifs is 1. The molecule has 1 aromatic heterocycles. The Bertz CT molecular complexity index is 1780. The highest BCUT2D eigenvalue weighted by molar-refractivity contribution is 7.91. The van der Waals surface area contributed by atoms with Crippen molar-refractivity contribution in [1.82, 2.24) is 9.97 Å². The molecule has 2 unspecified atom stereocenters. The number of hydrogen-bond acceptors (Lipinski definition) is 9. The molecule has 1 N–H and O–H groups in total. The summed E-state index contributed by atoms with van der Waals surface area (Å²) in [5, 5.41) is 4.38. The highest BCUT2D eigenvalue weighted by Crippen LogP contribution is 2.45. The number of nitrogens with zero attached hydrogens (tertiary/aromatic N) is 2. The number of nitrogens with one attached hydrogen (secondary N) is 1. The van der Waals surface area contributed by atoms with Crippen molar-refractivity contribution in [1.29, 1.82) is 0 Å². The van der Waals surface area contributed by atoms with Crippen molar-refractivity contribution in [3.05, 3.63) is 95.2 Å². The van der Waals surface area contributed by atoms with Gasteiger partial charge in [0.05, 0.1) is 42.4 Å². The summed E-state index contributed by atoms with van der Waals surface area (Å²) in [6, 6.07) is 15.2. The Hall–Kier alpha value is -3.93. The molecule has 0 saturated heterocycles. The van der Waals surface area contributed by atoms with Gasteiger partial charge in [0.1, 0.15) is 36.1 Å². The van der Waals surface area contributed by atoms with Gasteiger partial charge in [0.15, 0.2) is 15.4 Å². The predicted octanol–water partition coefficient (Wildman–Crippen LogP) is 6.72. The summed E-state index contributed by atoms with van der Waals surface area (Å²) < 4.78 is 61.4. The maximum absolute atomic E-state index is 13.5. The first-order chi connectivity index (χ1) is 21.1. The molecule has 9 nitrogen and oxygen atoms in total. The average Bonchev–Trinajstić information content (AvgIpc) is 3.51. The largest absolute Gasteiger partial charge is 0.496 e. The SMILES string of the molecule is CCS(=O)(=O)CCOC(C)C1(c2cc3c(Nc4ccc(OCc5cccc(F)c5)c(Cl)c4)ncnc3cc2OC)CC=CO1. The first-order valence-electron chi connectivity index (χ1n) is 14.1. The summed E-state index contributed by atoms with van der Waals surface area (Å²) in [4.78, 5) is 8.93. The summed E-state index contributed by atoms with van der Waals surface area (Å²) in [5.41, 5.74) is 1.72. The fraction of sp³-hybridized carbons (Fsp3) is 0.312. The molecule has 0 amide bonds. The summed E-state index contributed by atoms with van der Waals surface area (Å²) >= 11 is 6.53. The number of rotatable bonds is 13. The van der Waals surface area contributed by atoms with Crippen molar-refractivity contribution in [2.75, 3.05) is 30.5 Å². The van der Waals surface area contributed by atoms with Gasteiger partial charge in [-0.3, -0.25) is 0 Å². The van der Waals surface area contributed by atoms with E-state index in [9.17, 15) is 12.8 Å². The van der Waals surface area contributed by atoms with Crippen LogP contribution in [0.25, 0.3) is 10.9 Å². The molecule has 0 saturated carbocycles. The van der Waals surface area contributed by atoms with Crippen molar-refractivity contribution in [3.63, 3.8) is 0 Å². The fourth-order valence-corrected chi connectivity index (χ4v) is 5.90. The number of benzene rings is 3. The van der Waals surface area contributed by atoms with Gasteiger partial charge >= 0.3 is 0 Å². The molecule has 2 atom stereocenters. The van der Waals surface area contributed by atoms with Gasteiger partial charge in [-0.15, -0.1) is 0 Å². The van der Waals surface area contributed by atoms with Gasteiger partial charge < -0.3 is 24.3 Å². The number of aromatic nitrogens is 2. The van der Waals surface area contributed by atoms with Crippen LogP contribution in [0, 0.1) is 5.82 Å². The van der Waals surface area contributed by atoms with Gasteiger partial charge in [-0.1, -0.05) is 30.7 Å². The fourth-order valence-electron chi connectivity index (χ4n) is 5.03. The Kier molecular flexibility index (Phi) is 9.57. The summed E-state index contributed by atoms with van der Waals surface area (Å²) in [6.45, 7) is 3.68.